The molecule has 1 aromatic rings. The highest BCUT2D eigenvalue weighted by atomic mass is 16.5. The van der Waals surface area contributed by atoms with E-state index >= 15 is 0 Å². The molecule has 0 amide bonds. The van der Waals surface area contributed by atoms with E-state index in [0.717, 1.165) is 11.0 Å². The van der Waals surface area contributed by atoms with E-state index in [1.807, 2.05) is 0 Å². The first-order valence-corrected chi connectivity index (χ1v) is 6.25. The van der Waals surface area contributed by atoms with Gasteiger partial charge in [-0.2, -0.15) is 0 Å². The monoisotopic (exact) mass is 300 g/mol. The zero-order valence-electron chi connectivity index (χ0n) is 12.4. The molecule has 0 spiro atoms. The molecule has 0 aliphatic carbocycles. The summed E-state index contributed by atoms with van der Waals surface area (Å²) in [5.41, 5.74) is -0.0475. The molecule has 1 rings (SSSR count). The first-order chi connectivity index (χ1) is 9.67. The Labute approximate surface area is 123 Å². The second kappa shape index (κ2) is 8.93. The second-order valence-corrected chi connectivity index (χ2v) is 5.22. The molecule has 0 saturated heterocycles. The van der Waals surface area contributed by atoms with Crippen LogP contribution in [-0.2, 0) is 9.53 Å². The first-order valence-electron chi connectivity index (χ1n) is 6.25. The van der Waals surface area contributed by atoms with E-state index in [0.29, 0.717) is 0 Å². The lowest BCUT2D eigenvalue weighted by molar-refractivity contribution is -0.870. The van der Waals surface area contributed by atoms with Gasteiger partial charge < -0.3 is 24.5 Å². The van der Waals surface area contributed by atoms with E-state index in [-0.39, 0.29) is 17.9 Å². The van der Waals surface area contributed by atoms with Crippen LogP contribution < -0.4 is 0 Å². The molecule has 0 aromatic heterocycles. The van der Waals surface area contributed by atoms with Crippen molar-refractivity contribution >= 4 is 11.9 Å². The van der Waals surface area contributed by atoms with Crippen molar-refractivity contribution in [3.63, 3.8) is 0 Å². The van der Waals surface area contributed by atoms with Crippen LogP contribution in [0.25, 0.3) is 0 Å². The van der Waals surface area contributed by atoms with Gasteiger partial charge >= 0.3 is 11.9 Å². The molecule has 7 nitrogen and oxygen atoms in total. The van der Waals surface area contributed by atoms with Gasteiger partial charge in [0, 0.05) is 0 Å². The van der Waals surface area contributed by atoms with E-state index in [1.54, 1.807) is 6.07 Å². The number of phenols is 1. The Morgan fingerprint density at radius 2 is 1.76 bits per heavy atom. The highest BCUT2D eigenvalue weighted by Gasteiger charge is 2.12. The predicted molar refractivity (Wildman–Crippen MR) is 76.0 cm³/mol. The van der Waals surface area contributed by atoms with E-state index in [1.165, 1.54) is 18.2 Å². The Balaban J connectivity index is 0.000000486. The van der Waals surface area contributed by atoms with Crippen molar-refractivity contribution < 1.29 is 34.1 Å². The quantitative estimate of drug-likeness (QED) is 0.534. The van der Waals surface area contributed by atoms with Crippen molar-refractivity contribution in [2.45, 2.75) is 0 Å². The molecule has 0 heterocycles. The smallest absolute Gasteiger partial charge is 0.342 e. The number of likely N-dealkylation sites (N-methyl/N-ethyl adjacent to an activating group) is 1. The maximum Gasteiger partial charge on any atom is 0.342 e. The van der Waals surface area contributed by atoms with Gasteiger partial charge in [0.05, 0.1) is 27.7 Å². The maximum absolute atomic E-state index is 11.1. The lowest BCUT2D eigenvalue weighted by Crippen LogP contribution is -2.36. The summed E-state index contributed by atoms with van der Waals surface area (Å²) in [5.74, 6) is -2.33. The zero-order valence-corrected chi connectivity index (χ0v) is 12.4. The number of aliphatic hydroxyl groups excluding tert-OH is 1. The zero-order chi connectivity index (χ0) is 16.5. The van der Waals surface area contributed by atoms with Gasteiger partial charge in [-0.1, -0.05) is 12.1 Å². The summed E-state index contributed by atoms with van der Waals surface area (Å²) in [4.78, 5) is 21.2. The number of nitrogens with zero attached hydrogens (tertiary/aromatic N) is 1. The van der Waals surface area contributed by atoms with Crippen molar-refractivity contribution in [3.8, 4) is 5.75 Å². The second-order valence-electron chi connectivity index (χ2n) is 5.22. The van der Waals surface area contributed by atoms with Crippen LogP contribution >= 0.6 is 0 Å². The Kier molecular flexibility index (Phi) is 8.03. The molecule has 118 valence electrons. The van der Waals surface area contributed by atoms with Gasteiger partial charge in [-0.25, -0.2) is 9.59 Å². The van der Waals surface area contributed by atoms with Gasteiger partial charge in [0.1, 0.15) is 17.9 Å². The summed E-state index contributed by atoms with van der Waals surface area (Å²) >= 11 is 0. The molecular formula is C14H22NO6+. The number of hydrogen-bond donors (Lipinski definition) is 3. The number of carboxylic acid groups (broad SMARTS) is 1. The number of carbonyl (C=O) groups is 2. The van der Waals surface area contributed by atoms with Crippen molar-refractivity contribution in [1.82, 2.24) is 0 Å². The Bertz CT molecular complexity index is 467. The van der Waals surface area contributed by atoms with E-state index in [9.17, 15) is 14.7 Å². The Morgan fingerprint density at radius 3 is 2.14 bits per heavy atom. The number of esters is 1. The summed E-state index contributed by atoms with van der Waals surface area (Å²) in [5, 5.41) is 25.8. The number of para-hydroxylation sites is 1. The number of rotatable bonds is 5. The molecule has 0 fully saturated rings. The summed E-state index contributed by atoms with van der Waals surface area (Å²) in [6.07, 6.45) is 0. The molecule has 0 unspecified atom stereocenters. The molecule has 0 aliphatic heterocycles. The van der Waals surface area contributed by atoms with Crippen LogP contribution in [0.4, 0.5) is 0 Å². The van der Waals surface area contributed by atoms with Crippen molar-refractivity contribution in [2.24, 2.45) is 0 Å². The molecule has 0 saturated carbocycles. The minimum atomic E-state index is -1.24. The fraction of sp³-hybridized carbons (Fsp3) is 0.429. The fourth-order valence-electron chi connectivity index (χ4n) is 1.15. The molecule has 1 aromatic carbocycles. The number of aromatic hydroxyl groups is 1. The third kappa shape index (κ3) is 9.42. The normalized spacial score (nSPS) is 10.3. The third-order valence-electron chi connectivity index (χ3n) is 2.22. The van der Waals surface area contributed by atoms with Crippen molar-refractivity contribution in [2.75, 3.05) is 40.9 Å². The van der Waals surface area contributed by atoms with Crippen molar-refractivity contribution in [3.05, 3.63) is 29.8 Å². The van der Waals surface area contributed by atoms with E-state index in [2.05, 4.69) is 25.9 Å². The number of ether oxygens (including phenoxy) is 1. The molecular weight excluding hydrogens is 278 g/mol. The third-order valence-corrected chi connectivity index (χ3v) is 2.22. The summed E-state index contributed by atoms with van der Waals surface area (Å²) in [6, 6.07) is 5.75. The molecule has 21 heavy (non-hydrogen) atoms. The van der Waals surface area contributed by atoms with Gasteiger partial charge in [0.25, 0.3) is 0 Å². The summed E-state index contributed by atoms with van der Waals surface area (Å²) in [7, 11) is 6.16. The highest BCUT2D eigenvalue weighted by molar-refractivity contribution is 5.93. The average molecular weight is 300 g/mol. The van der Waals surface area contributed by atoms with Gasteiger partial charge in [-0.05, 0) is 12.1 Å². The van der Waals surface area contributed by atoms with Crippen molar-refractivity contribution in [1.29, 1.82) is 0 Å². The van der Waals surface area contributed by atoms with Crippen LogP contribution in [0.15, 0.2) is 24.3 Å². The van der Waals surface area contributed by atoms with Crippen LogP contribution in [0.3, 0.4) is 0 Å². The molecule has 0 radical (unpaired) electrons. The minimum Gasteiger partial charge on any atom is -0.507 e. The lowest BCUT2D eigenvalue weighted by Gasteiger charge is -2.21. The molecule has 3 N–H and O–H groups in total. The van der Waals surface area contributed by atoms with Crippen LogP contribution in [0.2, 0.25) is 0 Å². The number of phenolic OH excluding ortho intramolecular Hbond substituents is 1. The number of hydrogen-bond acceptors (Lipinski definition) is 5. The van der Waals surface area contributed by atoms with Crippen LogP contribution in [0.5, 0.6) is 5.75 Å². The Hall–Kier alpha value is -2.12. The number of carbonyl (C=O) groups excluding carboxylic acids is 1. The average Bonchev–Trinajstić information content (AvgIpc) is 2.36. The van der Waals surface area contributed by atoms with Gasteiger partial charge in [0.2, 0.25) is 0 Å². The minimum absolute atomic E-state index is 0.0475. The topological polar surface area (TPSA) is 104 Å². The van der Waals surface area contributed by atoms with E-state index < -0.39 is 18.5 Å². The number of benzene rings is 1. The van der Waals surface area contributed by atoms with Crippen LogP contribution in [0.1, 0.15) is 10.4 Å². The standard InChI is InChI=1S/C9H8O5.C5H14NO/c10-7-4-2-1-3-6(7)9(13)14-5-8(11)12;1-6(2,3)4-5-7/h1-4,10H,5H2,(H,11,12);7H,4-5H2,1-3H3/q;+1. The first kappa shape index (κ1) is 18.9. The number of carboxylic acids is 1. The van der Waals surface area contributed by atoms with E-state index in [4.69, 9.17) is 10.2 Å². The summed E-state index contributed by atoms with van der Waals surface area (Å²) < 4.78 is 5.22. The number of quaternary nitrogens is 1. The predicted octanol–water partition coefficient (Wildman–Crippen LogP) is 0.319. The largest absolute Gasteiger partial charge is 0.507 e. The Morgan fingerprint density at radius 1 is 1.19 bits per heavy atom. The molecule has 0 atom stereocenters. The summed E-state index contributed by atoms with van der Waals surface area (Å²) in [6.45, 7) is 0.399. The highest BCUT2D eigenvalue weighted by Crippen LogP contribution is 2.16. The molecule has 7 heteroatoms. The SMILES string of the molecule is C[N+](C)(C)CCO.O=C(O)COC(=O)c1ccccc1O. The number of aliphatic hydroxyl groups is 1. The fourth-order valence-corrected chi connectivity index (χ4v) is 1.15. The van der Waals surface area contributed by atoms with Gasteiger partial charge in [0.15, 0.2) is 6.61 Å². The number of aliphatic carboxylic acids is 1. The lowest BCUT2D eigenvalue weighted by atomic mass is 10.2. The molecule has 0 aliphatic rings. The van der Waals surface area contributed by atoms with Crippen LogP contribution in [-0.4, -0.2) is 72.6 Å². The van der Waals surface area contributed by atoms with Gasteiger partial charge in [-0.3, -0.25) is 0 Å². The van der Waals surface area contributed by atoms with Gasteiger partial charge in [-0.15, -0.1) is 0 Å². The molecule has 0 bridgehead atoms. The van der Waals surface area contributed by atoms with Crippen LogP contribution in [0, 0.1) is 0 Å². The maximum atomic E-state index is 11.1.